The molecule has 0 aliphatic rings. The number of carbonyl (C=O) groups is 1. The van der Waals surface area contributed by atoms with Crippen LogP contribution in [0.5, 0.6) is 0 Å². The van der Waals surface area contributed by atoms with E-state index in [0.29, 0.717) is 5.02 Å². The summed E-state index contributed by atoms with van der Waals surface area (Å²) in [6.45, 7) is 0. The van der Waals surface area contributed by atoms with E-state index in [1.54, 1.807) is 0 Å². The van der Waals surface area contributed by atoms with Gasteiger partial charge in [0.25, 0.3) is 0 Å². The lowest BCUT2D eigenvalue weighted by Crippen LogP contribution is -2.14. The first kappa shape index (κ1) is 9.00. The highest BCUT2D eigenvalue weighted by Gasteiger charge is 2.05. The predicted molar refractivity (Wildman–Crippen MR) is 44.3 cm³/mol. The van der Waals surface area contributed by atoms with Gasteiger partial charge in [-0.05, 0) is 23.8 Å². The SMILES string of the molecule is NC(=O)Cc1cc(Cl)ccc1F. The van der Waals surface area contributed by atoms with Crippen LogP contribution in [0.3, 0.4) is 0 Å². The van der Waals surface area contributed by atoms with Crippen LogP contribution in [-0.4, -0.2) is 5.91 Å². The zero-order chi connectivity index (χ0) is 9.14. The normalized spacial score (nSPS) is 9.83. The molecule has 0 unspecified atom stereocenters. The third kappa shape index (κ3) is 2.20. The lowest BCUT2D eigenvalue weighted by molar-refractivity contribution is -0.117. The first-order chi connectivity index (χ1) is 5.59. The Labute approximate surface area is 74.1 Å². The van der Waals surface area contributed by atoms with E-state index in [4.69, 9.17) is 17.3 Å². The summed E-state index contributed by atoms with van der Waals surface area (Å²) in [7, 11) is 0. The molecule has 0 aliphatic heterocycles. The summed E-state index contributed by atoms with van der Waals surface area (Å²) in [4.78, 5) is 10.4. The van der Waals surface area contributed by atoms with Gasteiger partial charge in [-0.15, -0.1) is 0 Å². The summed E-state index contributed by atoms with van der Waals surface area (Å²) >= 11 is 5.58. The van der Waals surface area contributed by atoms with E-state index in [9.17, 15) is 9.18 Å². The molecule has 0 radical (unpaired) electrons. The number of hydrogen-bond donors (Lipinski definition) is 1. The Kier molecular flexibility index (Phi) is 2.65. The molecule has 1 rings (SSSR count). The van der Waals surface area contributed by atoms with E-state index in [-0.39, 0.29) is 12.0 Å². The largest absolute Gasteiger partial charge is 0.369 e. The highest BCUT2D eigenvalue weighted by molar-refractivity contribution is 6.30. The molecule has 1 aromatic rings. The molecule has 0 fully saturated rings. The Balaban J connectivity index is 2.97. The molecule has 0 atom stereocenters. The lowest BCUT2D eigenvalue weighted by atomic mass is 10.1. The van der Waals surface area contributed by atoms with Gasteiger partial charge in [0, 0.05) is 5.02 Å². The zero-order valence-electron chi connectivity index (χ0n) is 6.18. The molecule has 0 bridgehead atoms. The zero-order valence-corrected chi connectivity index (χ0v) is 6.94. The van der Waals surface area contributed by atoms with Crippen LogP contribution in [0, 0.1) is 5.82 Å². The summed E-state index contributed by atoms with van der Waals surface area (Å²) in [6.07, 6.45) is -0.119. The summed E-state index contributed by atoms with van der Waals surface area (Å²) in [5, 5.41) is 0.396. The molecular weight excluding hydrogens is 181 g/mol. The van der Waals surface area contributed by atoms with Gasteiger partial charge in [0.05, 0.1) is 6.42 Å². The Morgan fingerprint density at radius 2 is 2.25 bits per heavy atom. The van der Waals surface area contributed by atoms with Crippen LogP contribution in [0.25, 0.3) is 0 Å². The van der Waals surface area contributed by atoms with Crippen LogP contribution in [0.1, 0.15) is 5.56 Å². The molecule has 0 spiro atoms. The number of nitrogens with two attached hydrogens (primary N) is 1. The maximum Gasteiger partial charge on any atom is 0.221 e. The summed E-state index contributed by atoms with van der Waals surface area (Å²) in [6, 6.07) is 4.02. The van der Waals surface area contributed by atoms with Gasteiger partial charge in [0.2, 0.25) is 5.91 Å². The lowest BCUT2D eigenvalue weighted by Gasteiger charge is -1.99. The average molecular weight is 188 g/mol. The Morgan fingerprint density at radius 1 is 1.58 bits per heavy atom. The minimum atomic E-state index is -0.573. The third-order valence-electron chi connectivity index (χ3n) is 1.37. The van der Waals surface area contributed by atoms with Crippen molar-refractivity contribution >= 4 is 17.5 Å². The van der Waals surface area contributed by atoms with Crippen molar-refractivity contribution < 1.29 is 9.18 Å². The Bertz CT molecular complexity index is 314. The second-order valence-corrected chi connectivity index (χ2v) is 2.82. The fraction of sp³-hybridized carbons (Fsp3) is 0.125. The fourth-order valence-electron chi connectivity index (χ4n) is 0.866. The molecule has 0 heterocycles. The van der Waals surface area contributed by atoms with Crippen LogP contribution in [0.2, 0.25) is 5.02 Å². The molecule has 2 N–H and O–H groups in total. The van der Waals surface area contributed by atoms with Crippen molar-refractivity contribution in [3.05, 3.63) is 34.6 Å². The second-order valence-electron chi connectivity index (χ2n) is 2.38. The molecule has 12 heavy (non-hydrogen) atoms. The van der Waals surface area contributed by atoms with Crippen LogP contribution in [0.15, 0.2) is 18.2 Å². The highest BCUT2D eigenvalue weighted by atomic mass is 35.5. The van der Waals surface area contributed by atoms with E-state index < -0.39 is 11.7 Å². The van der Waals surface area contributed by atoms with E-state index in [1.165, 1.54) is 18.2 Å². The molecule has 2 nitrogen and oxygen atoms in total. The maximum atomic E-state index is 12.9. The van der Waals surface area contributed by atoms with Gasteiger partial charge in [-0.25, -0.2) is 4.39 Å². The molecule has 1 aromatic carbocycles. The summed E-state index contributed by atoms with van der Waals surface area (Å²) in [5.41, 5.74) is 5.13. The van der Waals surface area contributed by atoms with Crippen LogP contribution >= 0.6 is 11.6 Å². The summed E-state index contributed by atoms with van der Waals surface area (Å²) < 4.78 is 12.9. The summed E-state index contributed by atoms with van der Waals surface area (Å²) in [5.74, 6) is -1.03. The van der Waals surface area contributed by atoms with Gasteiger partial charge >= 0.3 is 0 Å². The Hall–Kier alpha value is -1.09. The molecule has 64 valence electrons. The first-order valence-corrected chi connectivity index (χ1v) is 3.69. The van der Waals surface area contributed by atoms with E-state index in [1.807, 2.05) is 0 Å². The number of benzene rings is 1. The fourth-order valence-corrected chi connectivity index (χ4v) is 1.06. The number of halogens is 2. The van der Waals surface area contributed by atoms with Crippen LogP contribution < -0.4 is 5.73 Å². The number of carbonyl (C=O) groups excluding carboxylic acids is 1. The predicted octanol–water partition coefficient (Wildman–Crippen LogP) is 1.51. The Morgan fingerprint density at radius 3 is 2.83 bits per heavy atom. The smallest absolute Gasteiger partial charge is 0.221 e. The van der Waals surface area contributed by atoms with E-state index in [2.05, 4.69) is 0 Å². The molecule has 4 heteroatoms. The molecule has 0 aromatic heterocycles. The monoisotopic (exact) mass is 187 g/mol. The van der Waals surface area contributed by atoms with Crippen LogP contribution in [0.4, 0.5) is 4.39 Å². The van der Waals surface area contributed by atoms with Crippen molar-refractivity contribution in [1.29, 1.82) is 0 Å². The topological polar surface area (TPSA) is 43.1 Å². The van der Waals surface area contributed by atoms with Gasteiger partial charge in [-0.1, -0.05) is 11.6 Å². The van der Waals surface area contributed by atoms with E-state index in [0.717, 1.165) is 0 Å². The maximum absolute atomic E-state index is 12.9. The van der Waals surface area contributed by atoms with Crippen molar-refractivity contribution in [3.8, 4) is 0 Å². The van der Waals surface area contributed by atoms with Crippen molar-refractivity contribution in [3.63, 3.8) is 0 Å². The molecule has 0 saturated heterocycles. The quantitative estimate of drug-likeness (QED) is 0.749. The minimum Gasteiger partial charge on any atom is -0.369 e. The van der Waals surface area contributed by atoms with Crippen molar-refractivity contribution in [1.82, 2.24) is 0 Å². The molecule has 0 aliphatic carbocycles. The number of rotatable bonds is 2. The molecular formula is C8H7ClFNO. The second kappa shape index (κ2) is 3.54. The van der Waals surface area contributed by atoms with Gasteiger partial charge in [0.1, 0.15) is 5.82 Å². The number of primary amides is 1. The highest BCUT2D eigenvalue weighted by Crippen LogP contribution is 2.14. The van der Waals surface area contributed by atoms with Gasteiger partial charge in [0.15, 0.2) is 0 Å². The minimum absolute atomic E-state index is 0.119. The van der Waals surface area contributed by atoms with E-state index >= 15 is 0 Å². The van der Waals surface area contributed by atoms with Gasteiger partial charge in [-0.2, -0.15) is 0 Å². The number of hydrogen-bond acceptors (Lipinski definition) is 1. The van der Waals surface area contributed by atoms with Crippen molar-refractivity contribution in [2.75, 3.05) is 0 Å². The first-order valence-electron chi connectivity index (χ1n) is 3.32. The van der Waals surface area contributed by atoms with Crippen molar-refractivity contribution in [2.45, 2.75) is 6.42 Å². The van der Waals surface area contributed by atoms with Crippen LogP contribution in [-0.2, 0) is 11.2 Å². The number of amides is 1. The average Bonchev–Trinajstić information content (AvgIpc) is 1.96. The molecule has 0 saturated carbocycles. The van der Waals surface area contributed by atoms with Gasteiger partial charge < -0.3 is 5.73 Å². The molecule has 1 amide bonds. The third-order valence-corrected chi connectivity index (χ3v) is 1.61. The van der Waals surface area contributed by atoms with Gasteiger partial charge in [-0.3, -0.25) is 4.79 Å². The standard InChI is InChI=1S/C8H7ClFNO/c9-6-1-2-7(10)5(3-6)4-8(11)12/h1-3H,4H2,(H2,11,12). The van der Waals surface area contributed by atoms with Crippen molar-refractivity contribution in [2.24, 2.45) is 5.73 Å².